The van der Waals surface area contributed by atoms with Gasteiger partial charge in [0, 0.05) is 25.1 Å². The van der Waals surface area contributed by atoms with E-state index in [4.69, 9.17) is 11.6 Å². The predicted octanol–water partition coefficient (Wildman–Crippen LogP) is 2.22. The zero-order valence-corrected chi connectivity index (χ0v) is 8.66. The van der Waals surface area contributed by atoms with Crippen LogP contribution in [0.3, 0.4) is 0 Å². The summed E-state index contributed by atoms with van der Waals surface area (Å²) in [5.41, 5.74) is 0. The van der Waals surface area contributed by atoms with Crippen LogP contribution in [0.25, 0.3) is 0 Å². The summed E-state index contributed by atoms with van der Waals surface area (Å²) in [7, 11) is 0. The molecular weight excluding hydrogens is 224 g/mol. The van der Waals surface area contributed by atoms with Gasteiger partial charge in [-0.2, -0.15) is 0 Å². The number of hydrogen-bond acceptors (Lipinski definition) is 3. The fraction of sp³-hybridized carbons (Fsp3) is 0.556. The molecule has 2 heterocycles. The second-order valence-electron chi connectivity index (χ2n) is 3.53. The molecule has 1 aliphatic heterocycles. The molecule has 1 fully saturated rings. The lowest BCUT2D eigenvalue weighted by molar-refractivity contribution is 0.0880. The molecule has 0 aliphatic carbocycles. The summed E-state index contributed by atoms with van der Waals surface area (Å²) in [5.74, 6) is 0.0666. The van der Waals surface area contributed by atoms with Crippen LogP contribution in [0.2, 0.25) is 5.15 Å². The molecule has 82 valence electrons. The molecule has 0 amide bonds. The lowest BCUT2D eigenvalue weighted by Gasteiger charge is -2.16. The predicted molar refractivity (Wildman–Crippen MR) is 53.4 cm³/mol. The molecule has 1 aromatic rings. The fourth-order valence-electron chi connectivity index (χ4n) is 1.70. The summed E-state index contributed by atoms with van der Waals surface area (Å²) in [6.45, 7) is 0.938. The molecule has 15 heavy (non-hydrogen) atoms. The number of aromatic nitrogens is 2. The Morgan fingerprint density at radius 1 is 1.47 bits per heavy atom. The Hall–Kier alpha value is -0.970. The quantitative estimate of drug-likeness (QED) is 0.734. The van der Waals surface area contributed by atoms with Gasteiger partial charge in [0.25, 0.3) is 0 Å². The van der Waals surface area contributed by atoms with E-state index in [1.54, 1.807) is 6.07 Å². The second-order valence-corrected chi connectivity index (χ2v) is 3.92. The van der Waals surface area contributed by atoms with E-state index in [-0.39, 0.29) is 0 Å². The third kappa shape index (κ3) is 2.34. The number of halogens is 3. The molecule has 1 aromatic heterocycles. The Morgan fingerprint density at radius 2 is 2.27 bits per heavy atom. The van der Waals surface area contributed by atoms with Crippen LogP contribution in [-0.2, 0) is 0 Å². The van der Waals surface area contributed by atoms with E-state index in [0.717, 1.165) is 0 Å². The van der Waals surface area contributed by atoms with E-state index < -0.39 is 12.3 Å². The lowest BCUT2D eigenvalue weighted by Crippen LogP contribution is -2.22. The van der Waals surface area contributed by atoms with Crippen molar-refractivity contribution in [1.29, 1.82) is 0 Å². The maximum Gasteiger partial charge on any atom is 0.243 e. The molecule has 1 aliphatic rings. The van der Waals surface area contributed by atoms with Crippen molar-refractivity contribution in [3.8, 4) is 0 Å². The van der Waals surface area contributed by atoms with Gasteiger partial charge in [0.05, 0.1) is 0 Å². The Kier molecular flexibility index (Phi) is 3.00. The molecule has 0 saturated carbocycles. The van der Waals surface area contributed by atoms with Gasteiger partial charge in [-0.25, -0.2) is 18.7 Å². The van der Waals surface area contributed by atoms with E-state index in [0.29, 0.717) is 30.5 Å². The van der Waals surface area contributed by atoms with Crippen molar-refractivity contribution in [3.05, 3.63) is 17.5 Å². The Labute approximate surface area is 91.1 Å². The Bertz CT molecular complexity index is 348. The molecule has 0 radical (unpaired) electrons. The molecule has 3 nitrogen and oxygen atoms in total. The molecule has 1 saturated heterocycles. The SMILES string of the molecule is FC(F)[C@@H]1CCN(c2cc(Cl)ncn2)C1. The number of nitrogens with zero attached hydrogens (tertiary/aromatic N) is 3. The van der Waals surface area contributed by atoms with Crippen LogP contribution in [-0.4, -0.2) is 29.5 Å². The van der Waals surface area contributed by atoms with E-state index in [9.17, 15) is 8.78 Å². The van der Waals surface area contributed by atoms with Gasteiger partial charge in [0.1, 0.15) is 17.3 Å². The summed E-state index contributed by atoms with van der Waals surface area (Å²) < 4.78 is 24.8. The van der Waals surface area contributed by atoms with Crippen LogP contribution < -0.4 is 4.90 Å². The standard InChI is InChI=1S/C9H10ClF2N3/c10-7-3-8(14-5-13-7)15-2-1-6(4-15)9(11)12/h3,5-6,9H,1-2,4H2/t6-/m1/s1. The average Bonchev–Trinajstić information content (AvgIpc) is 2.66. The summed E-state index contributed by atoms with van der Waals surface area (Å²) >= 11 is 5.70. The smallest absolute Gasteiger partial charge is 0.243 e. The minimum atomic E-state index is -2.26. The van der Waals surface area contributed by atoms with Crippen molar-refractivity contribution in [3.63, 3.8) is 0 Å². The zero-order chi connectivity index (χ0) is 10.8. The summed E-state index contributed by atoms with van der Waals surface area (Å²) in [6.07, 6.45) is -0.417. The van der Waals surface area contributed by atoms with Crippen molar-refractivity contribution in [1.82, 2.24) is 9.97 Å². The molecule has 0 bridgehead atoms. The molecule has 1 atom stereocenters. The molecular formula is C9H10ClF2N3. The molecule has 0 N–H and O–H groups in total. The number of alkyl halides is 2. The number of rotatable bonds is 2. The van der Waals surface area contributed by atoms with Crippen LogP contribution >= 0.6 is 11.6 Å². The van der Waals surface area contributed by atoms with E-state index in [2.05, 4.69) is 9.97 Å². The second kappa shape index (κ2) is 4.26. The van der Waals surface area contributed by atoms with Crippen LogP contribution in [0.5, 0.6) is 0 Å². The van der Waals surface area contributed by atoms with Gasteiger partial charge >= 0.3 is 0 Å². The summed E-state index contributed by atoms with van der Waals surface area (Å²) in [6, 6.07) is 1.59. The van der Waals surface area contributed by atoms with Crippen molar-refractivity contribution in [2.24, 2.45) is 5.92 Å². The first-order chi connectivity index (χ1) is 7.16. The van der Waals surface area contributed by atoms with Crippen LogP contribution in [0.15, 0.2) is 12.4 Å². The van der Waals surface area contributed by atoms with Gasteiger partial charge in [-0.3, -0.25) is 0 Å². The normalized spacial score (nSPS) is 21.3. The highest BCUT2D eigenvalue weighted by atomic mass is 35.5. The van der Waals surface area contributed by atoms with Gasteiger partial charge in [-0.05, 0) is 6.42 Å². The third-order valence-electron chi connectivity index (χ3n) is 2.52. The van der Waals surface area contributed by atoms with Crippen LogP contribution in [0.1, 0.15) is 6.42 Å². The van der Waals surface area contributed by atoms with Crippen molar-refractivity contribution >= 4 is 17.4 Å². The van der Waals surface area contributed by atoms with Crippen molar-refractivity contribution < 1.29 is 8.78 Å². The van der Waals surface area contributed by atoms with Gasteiger partial charge in [-0.15, -0.1) is 0 Å². The van der Waals surface area contributed by atoms with E-state index in [1.165, 1.54) is 6.33 Å². The first-order valence-corrected chi connectivity index (χ1v) is 5.05. The molecule has 0 spiro atoms. The lowest BCUT2D eigenvalue weighted by atomic mass is 10.1. The molecule has 0 unspecified atom stereocenters. The first kappa shape index (κ1) is 10.5. The summed E-state index contributed by atoms with van der Waals surface area (Å²) in [4.78, 5) is 9.56. The minimum Gasteiger partial charge on any atom is -0.356 e. The van der Waals surface area contributed by atoms with Crippen molar-refractivity contribution in [2.75, 3.05) is 18.0 Å². The van der Waals surface area contributed by atoms with E-state index >= 15 is 0 Å². The van der Waals surface area contributed by atoms with Crippen molar-refractivity contribution in [2.45, 2.75) is 12.8 Å². The maximum atomic E-state index is 12.4. The van der Waals surface area contributed by atoms with Crippen LogP contribution in [0.4, 0.5) is 14.6 Å². The average molecular weight is 234 g/mol. The third-order valence-corrected chi connectivity index (χ3v) is 2.73. The Morgan fingerprint density at radius 3 is 2.87 bits per heavy atom. The van der Waals surface area contributed by atoms with E-state index in [1.807, 2.05) is 4.90 Å². The Balaban J connectivity index is 2.08. The maximum absolute atomic E-state index is 12.4. The zero-order valence-electron chi connectivity index (χ0n) is 7.91. The molecule has 6 heteroatoms. The van der Waals surface area contributed by atoms with Gasteiger partial charge in [0.15, 0.2) is 0 Å². The number of anilines is 1. The highest BCUT2D eigenvalue weighted by Crippen LogP contribution is 2.26. The largest absolute Gasteiger partial charge is 0.356 e. The highest BCUT2D eigenvalue weighted by molar-refractivity contribution is 6.29. The first-order valence-electron chi connectivity index (χ1n) is 4.67. The number of hydrogen-bond donors (Lipinski definition) is 0. The van der Waals surface area contributed by atoms with Crippen LogP contribution in [0, 0.1) is 5.92 Å². The molecule has 0 aromatic carbocycles. The monoisotopic (exact) mass is 233 g/mol. The molecule has 2 rings (SSSR count). The fourth-order valence-corrected chi connectivity index (χ4v) is 1.84. The van der Waals surface area contributed by atoms with Gasteiger partial charge in [0.2, 0.25) is 6.43 Å². The summed E-state index contributed by atoms with van der Waals surface area (Å²) in [5, 5.41) is 0.334. The highest BCUT2D eigenvalue weighted by Gasteiger charge is 2.30. The van der Waals surface area contributed by atoms with Gasteiger partial charge in [-0.1, -0.05) is 11.6 Å². The topological polar surface area (TPSA) is 29.0 Å². The van der Waals surface area contributed by atoms with Gasteiger partial charge < -0.3 is 4.90 Å². The minimum absolute atomic E-state index is 0.334.